The highest BCUT2D eigenvalue weighted by atomic mass is 19.3. The molecule has 0 saturated heterocycles. The lowest BCUT2D eigenvalue weighted by Crippen LogP contribution is -2.50. The molecule has 5 rings (SSSR count). The number of fused-ring (bicyclic) bond motifs is 3. The maximum atomic E-state index is 14.0. The molecule has 0 saturated carbocycles. The molecule has 1 amide bonds. The predicted octanol–water partition coefficient (Wildman–Crippen LogP) is 3.53. The summed E-state index contributed by atoms with van der Waals surface area (Å²) in [4.78, 5) is 26.2. The van der Waals surface area contributed by atoms with Gasteiger partial charge < -0.3 is 10.0 Å². The number of alkyl halides is 2. The van der Waals surface area contributed by atoms with Gasteiger partial charge in [-0.3, -0.25) is 14.3 Å². The van der Waals surface area contributed by atoms with Crippen molar-refractivity contribution in [2.45, 2.75) is 37.6 Å². The van der Waals surface area contributed by atoms with Crippen LogP contribution in [0.5, 0.6) is 5.75 Å². The van der Waals surface area contributed by atoms with Crippen LogP contribution in [-0.2, 0) is 12.8 Å². The molecule has 1 aliphatic carbocycles. The smallest absolute Gasteiger partial charge is 0.276 e. The third-order valence-electron chi connectivity index (χ3n) is 6.49. The first-order valence-electron chi connectivity index (χ1n) is 10.9. The van der Waals surface area contributed by atoms with E-state index in [-0.39, 0.29) is 18.2 Å². The molecule has 2 heterocycles. The number of carbonyl (C=O) groups excluding carboxylic acids is 1. The second kappa shape index (κ2) is 7.79. The van der Waals surface area contributed by atoms with Crippen molar-refractivity contribution in [3.8, 4) is 5.75 Å². The van der Waals surface area contributed by atoms with Gasteiger partial charge in [0.1, 0.15) is 0 Å². The fraction of sp³-hybridized carbons (Fsp3) is 0.320. The quantitative estimate of drug-likeness (QED) is 0.661. The number of hydrogen-bond donors (Lipinski definition) is 1. The van der Waals surface area contributed by atoms with Gasteiger partial charge in [0.15, 0.2) is 11.4 Å². The number of carbonyl (C=O) groups is 1. The Kier molecular flexibility index (Phi) is 5.03. The minimum absolute atomic E-state index is 0.0299. The number of halogens is 2. The third-order valence-corrected chi connectivity index (χ3v) is 6.49. The maximum Gasteiger partial charge on any atom is 0.276 e. The second-order valence-corrected chi connectivity index (χ2v) is 8.85. The van der Waals surface area contributed by atoms with E-state index in [2.05, 4.69) is 17.2 Å². The first kappa shape index (κ1) is 21.3. The van der Waals surface area contributed by atoms with E-state index in [9.17, 15) is 23.5 Å². The number of nitrogens with zero attached hydrogens (tertiary/aromatic N) is 3. The zero-order valence-electron chi connectivity index (χ0n) is 18.0. The average Bonchev–Trinajstić information content (AvgIpc) is 2.94. The van der Waals surface area contributed by atoms with Gasteiger partial charge in [-0.15, -0.1) is 0 Å². The standard InChI is InChI=1S/C25H23F2N3O3/c1-25(26,27)14-29-13-19(30-22(24(29)33)23(32)20(31)12-28-30)21-17-8-4-2-6-15(17)10-11-16-7-3-5-9-18(16)21/h2-9,12,19,21,32H,10-11,13-14H2,1H3/t19-/m1/s1. The summed E-state index contributed by atoms with van der Waals surface area (Å²) in [5, 5.41) is 14.7. The minimum Gasteiger partial charge on any atom is -0.502 e. The molecule has 0 radical (unpaired) electrons. The lowest BCUT2D eigenvalue weighted by atomic mass is 9.81. The molecule has 6 nitrogen and oxygen atoms in total. The summed E-state index contributed by atoms with van der Waals surface area (Å²) < 4.78 is 29.4. The van der Waals surface area contributed by atoms with Crippen LogP contribution in [0.3, 0.4) is 0 Å². The van der Waals surface area contributed by atoms with Gasteiger partial charge in [-0.1, -0.05) is 48.5 Å². The van der Waals surface area contributed by atoms with Crippen LogP contribution >= 0.6 is 0 Å². The zero-order chi connectivity index (χ0) is 23.3. The van der Waals surface area contributed by atoms with Gasteiger partial charge in [0.2, 0.25) is 5.43 Å². The van der Waals surface area contributed by atoms with E-state index in [1.54, 1.807) is 0 Å². The fourth-order valence-corrected chi connectivity index (χ4v) is 5.15. The normalized spacial score (nSPS) is 18.3. The third kappa shape index (κ3) is 3.69. The van der Waals surface area contributed by atoms with E-state index in [4.69, 9.17) is 0 Å². The molecule has 1 aliphatic heterocycles. The predicted molar refractivity (Wildman–Crippen MR) is 118 cm³/mol. The number of aryl methyl sites for hydroxylation is 2. The summed E-state index contributed by atoms with van der Waals surface area (Å²) in [5.41, 5.74) is 3.15. The summed E-state index contributed by atoms with van der Waals surface area (Å²) >= 11 is 0. The molecule has 0 bridgehead atoms. The van der Waals surface area contributed by atoms with E-state index in [0.29, 0.717) is 0 Å². The first-order valence-corrected chi connectivity index (χ1v) is 10.9. The van der Waals surface area contributed by atoms with Gasteiger partial charge in [0, 0.05) is 19.4 Å². The maximum absolute atomic E-state index is 14.0. The summed E-state index contributed by atoms with van der Waals surface area (Å²) in [6.45, 7) is -0.102. The van der Waals surface area contributed by atoms with Crippen LogP contribution in [0.25, 0.3) is 0 Å². The van der Waals surface area contributed by atoms with Gasteiger partial charge in [-0.05, 0) is 35.1 Å². The highest BCUT2D eigenvalue weighted by Gasteiger charge is 2.43. The molecule has 2 aromatic carbocycles. The Morgan fingerprint density at radius 3 is 2.18 bits per heavy atom. The van der Waals surface area contributed by atoms with Gasteiger partial charge >= 0.3 is 0 Å². The van der Waals surface area contributed by atoms with Crippen LogP contribution in [0.15, 0.2) is 59.5 Å². The van der Waals surface area contributed by atoms with Crippen LogP contribution in [0, 0.1) is 0 Å². The van der Waals surface area contributed by atoms with E-state index in [0.717, 1.165) is 53.1 Å². The number of aromatic hydroxyl groups is 1. The van der Waals surface area contributed by atoms with Crippen molar-refractivity contribution in [1.29, 1.82) is 0 Å². The van der Waals surface area contributed by atoms with Gasteiger partial charge in [-0.2, -0.15) is 5.10 Å². The SMILES string of the molecule is CC(F)(F)CN1C[C@H](C2c3ccccc3CCc3ccccc32)n2ncc(=O)c(O)c2C1=O. The monoisotopic (exact) mass is 451 g/mol. The second-order valence-electron chi connectivity index (χ2n) is 8.85. The number of rotatable bonds is 3. The minimum atomic E-state index is -3.14. The van der Waals surface area contributed by atoms with Crippen LogP contribution in [0.2, 0.25) is 0 Å². The molecule has 1 N–H and O–H groups in total. The Morgan fingerprint density at radius 1 is 1.03 bits per heavy atom. The van der Waals surface area contributed by atoms with Crippen LogP contribution in [0.4, 0.5) is 8.78 Å². The van der Waals surface area contributed by atoms with Crippen molar-refractivity contribution in [3.05, 3.63) is 92.9 Å². The van der Waals surface area contributed by atoms with Crippen molar-refractivity contribution < 1.29 is 18.7 Å². The number of benzene rings is 2. The Labute approximate surface area is 189 Å². The Bertz CT molecular complexity index is 1250. The van der Waals surface area contributed by atoms with Crippen molar-refractivity contribution in [2.75, 3.05) is 13.1 Å². The van der Waals surface area contributed by atoms with Crippen molar-refractivity contribution in [1.82, 2.24) is 14.7 Å². The molecule has 33 heavy (non-hydrogen) atoms. The molecular weight excluding hydrogens is 428 g/mol. The van der Waals surface area contributed by atoms with Gasteiger partial charge in [-0.25, -0.2) is 8.78 Å². The molecule has 1 atom stereocenters. The van der Waals surface area contributed by atoms with Gasteiger partial charge in [0.25, 0.3) is 11.8 Å². The highest BCUT2D eigenvalue weighted by molar-refractivity contribution is 5.95. The largest absolute Gasteiger partial charge is 0.502 e. The molecule has 3 aromatic rings. The summed E-state index contributed by atoms with van der Waals surface area (Å²) in [7, 11) is 0. The lowest BCUT2D eigenvalue weighted by Gasteiger charge is -2.40. The first-order chi connectivity index (χ1) is 15.7. The van der Waals surface area contributed by atoms with E-state index in [1.165, 1.54) is 4.68 Å². The Morgan fingerprint density at radius 2 is 1.61 bits per heavy atom. The zero-order valence-corrected chi connectivity index (χ0v) is 18.0. The number of amides is 1. The molecule has 0 fully saturated rings. The van der Waals surface area contributed by atoms with E-state index >= 15 is 0 Å². The van der Waals surface area contributed by atoms with Crippen LogP contribution < -0.4 is 5.43 Å². The van der Waals surface area contributed by atoms with Crippen molar-refractivity contribution in [3.63, 3.8) is 0 Å². The summed E-state index contributed by atoms with van der Waals surface area (Å²) in [6.07, 6.45) is 2.61. The summed E-state index contributed by atoms with van der Waals surface area (Å²) in [6, 6.07) is 15.3. The molecule has 2 aliphatic rings. The van der Waals surface area contributed by atoms with Crippen molar-refractivity contribution in [2.24, 2.45) is 0 Å². The molecule has 0 unspecified atom stereocenters. The Balaban J connectivity index is 1.75. The topological polar surface area (TPSA) is 75.4 Å². The molecule has 0 spiro atoms. The van der Waals surface area contributed by atoms with E-state index < -0.39 is 35.6 Å². The highest BCUT2D eigenvalue weighted by Crippen LogP contribution is 2.44. The molecule has 170 valence electrons. The number of hydrogen-bond acceptors (Lipinski definition) is 4. The molecule has 1 aromatic heterocycles. The van der Waals surface area contributed by atoms with Gasteiger partial charge in [0.05, 0.1) is 18.8 Å². The molecule has 8 heteroatoms. The fourth-order valence-electron chi connectivity index (χ4n) is 5.15. The summed E-state index contributed by atoms with van der Waals surface area (Å²) in [5.74, 6) is -5.04. The molecular formula is C25H23F2N3O3. The van der Waals surface area contributed by atoms with Crippen LogP contribution in [0.1, 0.15) is 51.6 Å². The van der Waals surface area contributed by atoms with Crippen LogP contribution in [-0.4, -0.2) is 44.7 Å². The van der Waals surface area contributed by atoms with E-state index in [1.807, 2.05) is 36.4 Å². The number of aromatic nitrogens is 2. The lowest BCUT2D eigenvalue weighted by molar-refractivity contribution is -0.0181. The Hall–Kier alpha value is -3.55. The van der Waals surface area contributed by atoms with Crippen molar-refractivity contribution >= 4 is 5.91 Å². The average molecular weight is 451 g/mol.